The Morgan fingerprint density at radius 2 is 1.72 bits per heavy atom. The fourth-order valence-electron chi connectivity index (χ4n) is 4.13. The van der Waals surface area contributed by atoms with Crippen molar-refractivity contribution in [3.05, 3.63) is 90.3 Å². The SMILES string of the molecule is NC(=O)[C@]1(Cc2cccc(-c3ccncc3)c2)CN(C(=O)CCc2ccccc2)CCO1. The molecule has 1 saturated heterocycles. The number of pyridine rings is 1. The highest BCUT2D eigenvalue weighted by Crippen LogP contribution is 2.27. The Balaban J connectivity index is 1.48. The van der Waals surface area contributed by atoms with Crippen molar-refractivity contribution >= 4 is 11.8 Å². The lowest BCUT2D eigenvalue weighted by atomic mass is 9.90. The molecule has 2 heterocycles. The molecular weight excluding hydrogens is 402 g/mol. The number of aromatic nitrogens is 1. The van der Waals surface area contributed by atoms with E-state index in [-0.39, 0.29) is 19.1 Å². The molecule has 1 aliphatic heterocycles. The van der Waals surface area contributed by atoms with E-state index in [1.165, 1.54) is 0 Å². The number of ether oxygens (including phenoxy) is 1. The van der Waals surface area contributed by atoms with Crippen LogP contribution in [-0.4, -0.2) is 47.0 Å². The molecule has 1 aliphatic rings. The molecule has 3 aromatic rings. The van der Waals surface area contributed by atoms with Gasteiger partial charge in [-0.05, 0) is 40.8 Å². The fourth-order valence-corrected chi connectivity index (χ4v) is 4.13. The van der Waals surface area contributed by atoms with Crippen LogP contribution in [0.4, 0.5) is 0 Å². The summed E-state index contributed by atoms with van der Waals surface area (Å²) in [7, 11) is 0. The number of morpholine rings is 1. The van der Waals surface area contributed by atoms with E-state index in [1.54, 1.807) is 17.3 Å². The predicted molar refractivity (Wildman–Crippen MR) is 123 cm³/mol. The molecule has 0 radical (unpaired) electrons. The first-order valence-corrected chi connectivity index (χ1v) is 10.8. The van der Waals surface area contributed by atoms with E-state index in [4.69, 9.17) is 10.5 Å². The third-order valence-corrected chi connectivity index (χ3v) is 5.89. The smallest absolute Gasteiger partial charge is 0.251 e. The maximum atomic E-state index is 12.9. The van der Waals surface area contributed by atoms with Gasteiger partial charge < -0.3 is 15.4 Å². The number of rotatable bonds is 7. The first kappa shape index (κ1) is 21.7. The van der Waals surface area contributed by atoms with Crippen molar-refractivity contribution in [2.24, 2.45) is 5.73 Å². The van der Waals surface area contributed by atoms with Gasteiger partial charge in [-0.15, -0.1) is 0 Å². The van der Waals surface area contributed by atoms with E-state index >= 15 is 0 Å². The highest BCUT2D eigenvalue weighted by molar-refractivity contribution is 5.86. The van der Waals surface area contributed by atoms with Crippen LogP contribution in [0.5, 0.6) is 0 Å². The molecular formula is C26H27N3O3. The number of benzene rings is 2. The average Bonchev–Trinajstić information content (AvgIpc) is 2.84. The Labute approximate surface area is 188 Å². The maximum absolute atomic E-state index is 12.9. The zero-order valence-electron chi connectivity index (χ0n) is 17.9. The number of amides is 2. The number of hydrogen-bond acceptors (Lipinski definition) is 4. The molecule has 2 amide bonds. The zero-order valence-corrected chi connectivity index (χ0v) is 17.9. The van der Waals surface area contributed by atoms with Gasteiger partial charge >= 0.3 is 0 Å². The summed E-state index contributed by atoms with van der Waals surface area (Å²) in [5.74, 6) is -0.541. The van der Waals surface area contributed by atoms with E-state index in [0.717, 1.165) is 22.3 Å². The lowest BCUT2D eigenvalue weighted by molar-refractivity contribution is -0.163. The molecule has 4 rings (SSSR count). The molecule has 32 heavy (non-hydrogen) atoms. The molecule has 0 bridgehead atoms. The van der Waals surface area contributed by atoms with Gasteiger partial charge in [0, 0.05) is 31.8 Å². The molecule has 6 heteroatoms. The maximum Gasteiger partial charge on any atom is 0.251 e. The standard InChI is InChI=1S/C26H27N3O3/c27-25(31)26(18-21-7-4-8-23(17-21)22-11-13-28-14-12-22)19-29(15-16-32-26)24(30)10-9-20-5-2-1-3-6-20/h1-8,11-14,17H,9-10,15-16,18-19H2,(H2,27,31)/t26-/m0/s1. The van der Waals surface area contributed by atoms with Gasteiger partial charge in [0.05, 0.1) is 13.2 Å². The highest BCUT2D eigenvalue weighted by atomic mass is 16.5. The summed E-state index contributed by atoms with van der Waals surface area (Å²) in [4.78, 5) is 31.2. The molecule has 0 unspecified atom stereocenters. The van der Waals surface area contributed by atoms with Gasteiger partial charge in [0.15, 0.2) is 5.60 Å². The minimum absolute atomic E-state index is 0.00770. The lowest BCUT2D eigenvalue weighted by Crippen LogP contribution is -2.61. The summed E-state index contributed by atoms with van der Waals surface area (Å²) < 4.78 is 5.94. The van der Waals surface area contributed by atoms with Gasteiger partial charge in [0.1, 0.15) is 0 Å². The summed E-state index contributed by atoms with van der Waals surface area (Å²) in [6, 6.07) is 21.7. The second-order valence-electron chi connectivity index (χ2n) is 8.12. The van der Waals surface area contributed by atoms with Crippen molar-refractivity contribution in [3.63, 3.8) is 0 Å². The summed E-state index contributed by atoms with van der Waals surface area (Å²) in [5, 5.41) is 0. The first-order valence-electron chi connectivity index (χ1n) is 10.8. The number of aryl methyl sites for hydroxylation is 1. The van der Waals surface area contributed by atoms with Crippen LogP contribution in [0.15, 0.2) is 79.1 Å². The quantitative estimate of drug-likeness (QED) is 0.626. The van der Waals surface area contributed by atoms with E-state index in [1.807, 2.05) is 66.7 Å². The van der Waals surface area contributed by atoms with E-state index < -0.39 is 11.5 Å². The number of primary amides is 1. The van der Waals surface area contributed by atoms with E-state index in [2.05, 4.69) is 4.98 Å². The van der Waals surface area contributed by atoms with Gasteiger partial charge in [-0.3, -0.25) is 14.6 Å². The average molecular weight is 430 g/mol. The third kappa shape index (κ3) is 5.03. The Morgan fingerprint density at radius 3 is 2.47 bits per heavy atom. The van der Waals surface area contributed by atoms with Crippen LogP contribution in [0.3, 0.4) is 0 Å². The molecule has 6 nitrogen and oxygen atoms in total. The van der Waals surface area contributed by atoms with Gasteiger partial charge in [0.2, 0.25) is 5.91 Å². The van der Waals surface area contributed by atoms with Crippen LogP contribution >= 0.6 is 0 Å². The van der Waals surface area contributed by atoms with Gasteiger partial charge in [-0.1, -0.05) is 54.6 Å². The van der Waals surface area contributed by atoms with Crippen LogP contribution in [-0.2, 0) is 27.2 Å². The molecule has 1 aromatic heterocycles. The summed E-state index contributed by atoms with van der Waals surface area (Å²) in [5.41, 5.74) is 8.68. The van der Waals surface area contributed by atoms with Crippen LogP contribution in [0.25, 0.3) is 11.1 Å². The topological polar surface area (TPSA) is 85.5 Å². The summed E-state index contributed by atoms with van der Waals surface area (Å²) in [6.07, 6.45) is 4.85. The van der Waals surface area contributed by atoms with Crippen molar-refractivity contribution in [3.8, 4) is 11.1 Å². The second-order valence-corrected chi connectivity index (χ2v) is 8.12. The fraction of sp³-hybridized carbons (Fsp3) is 0.269. The molecule has 164 valence electrons. The number of carbonyl (C=O) groups excluding carboxylic acids is 2. The number of carbonyl (C=O) groups is 2. The van der Waals surface area contributed by atoms with Gasteiger partial charge in [0.25, 0.3) is 5.91 Å². The normalized spacial score (nSPS) is 18.3. The molecule has 1 fully saturated rings. The Kier molecular flexibility index (Phi) is 6.61. The minimum Gasteiger partial charge on any atom is -0.367 e. The monoisotopic (exact) mass is 429 g/mol. The number of hydrogen-bond donors (Lipinski definition) is 1. The van der Waals surface area contributed by atoms with Crippen molar-refractivity contribution in [1.82, 2.24) is 9.88 Å². The molecule has 2 aromatic carbocycles. The van der Waals surface area contributed by atoms with Crippen molar-refractivity contribution < 1.29 is 14.3 Å². The molecule has 2 N–H and O–H groups in total. The van der Waals surface area contributed by atoms with Crippen LogP contribution in [0.2, 0.25) is 0 Å². The van der Waals surface area contributed by atoms with Crippen molar-refractivity contribution in [1.29, 1.82) is 0 Å². The number of nitrogens with two attached hydrogens (primary N) is 1. The van der Waals surface area contributed by atoms with Crippen LogP contribution in [0.1, 0.15) is 17.5 Å². The van der Waals surface area contributed by atoms with Crippen LogP contribution in [0, 0.1) is 0 Å². The lowest BCUT2D eigenvalue weighted by Gasteiger charge is -2.41. The summed E-state index contributed by atoms with van der Waals surface area (Å²) in [6.45, 7) is 0.902. The van der Waals surface area contributed by atoms with E-state index in [0.29, 0.717) is 25.8 Å². The Hall–Kier alpha value is -3.51. The van der Waals surface area contributed by atoms with Gasteiger partial charge in [-0.25, -0.2) is 0 Å². The van der Waals surface area contributed by atoms with Gasteiger partial charge in [-0.2, -0.15) is 0 Å². The molecule has 1 atom stereocenters. The molecule has 0 saturated carbocycles. The Morgan fingerprint density at radius 1 is 0.969 bits per heavy atom. The van der Waals surface area contributed by atoms with Crippen LogP contribution < -0.4 is 5.73 Å². The predicted octanol–water partition coefficient (Wildman–Crippen LogP) is 3.01. The highest BCUT2D eigenvalue weighted by Gasteiger charge is 2.43. The number of nitrogens with zero attached hydrogens (tertiary/aromatic N) is 2. The Bertz CT molecular complexity index is 1070. The summed E-state index contributed by atoms with van der Waals surface area (Å²) >= 11 is 0. The van der Waals surface area contributed by atoms with Crippen molar-refractivity contribution in [2.45, 2.75) is 24.9 Å². The largest absolute Gasteiger partial charge is 0.367 e. The van der Waals surface area contributed by atoms with E-state index in [9.17, 15) is 9.59 Å². The molecule has 0 spiro atoms. The first-order chi connectivity index (χ1) is 15.6. The third-order valence-electron chi connectivity index (χ3n) is 5.89. The minimum atomic E-state index is -1.24. The zero-order chi connectivity index (χ0) is 22.4. The molecule has 0 aliphatic carbocycles. The van der Waals surface area contributed by atoms with Crippen molar-refractivity contribution in [2.75, 3.05) is 19.7 Å². The second kappa shape index (κ2) is 9.75.